The first-order valence-electron chi connectivity index (χ1n) is 4.56. The van der Waals surface area contributed by atoms with Gasteiger partial charge in [-0.2, -0.15) is 0 Å². The Morgan fingerprint density at radius 3 is 1.67 bits per heavy atom. The zero-order valence-corrected chi connectivity index (χ0v) is 11.0. The lowest BCUT2D eigenvalue weighted by Gasteiger charge is -2.05. The summed E-state index contributed by atoms with van der Waals surface area (Å²) < 4.78 is 31.3. The van der Waals surface area contributed by atoms with Crippen molar-refractivity contribution in [2.24, 2.45) is 0 Å². The number of esters is 2. The third-order valence-corrected chi connectivity index (χ3v) is 3.36. The van der Waals surface area contributed by atoms with Crippen molar-refractivity contribution < 1.29 is 27.5 Å². The van der Waals surface area contributed by atoms with E-state index in [2.05, 4.69) is 9.47 Å². The Kier molecular flexibility index (Phi) is 4.31. The molecule has 0 spiro atoms. The summed E-state index contributed by atoms with van der Waals surface area (Å²) in [5, 5.41) is 0. The molecule has 0 bridgehead atoms. The Bertz CT molecular complexity index is 558. The maximum absolute atomic E-state index is 11.3. The molecule has 0 aliphatic heterocycles. The van der Waals surface area contributed by atoms with Gasteiger partial charge in [0.25, 0.3) is 9.05 Å². The van der Waals surface area contributed by atoms with Crippen LogP contribution >= 0.6 is 10.7 Å². The van der Waals surface area contributed by atoms with Crippen molar-refractivity contribution in [1.82, 2.24) is 0 Å². The number of benzene rings is 1. The van der Waals surface area contributed by atoms with E-state index >= 15 is 0 Å². The number of hydrogen-bond donors (Lipinski definition) is 0. The fourth-order valence-corrected chi connectivity index (χ4v) is 2.01. The summed E-state index contributed by atoms with van der Waals surface area (Å²) in [4.78, 5) is 22.3. The van der Waals surface area contributed by atoms with Gasteiger partial charge in [-0.25, -0.2) is 18.0 Å². The normalized spacial score (nSPS) is 10.8. The van der Waals surface area contributed by atoms with Crippen LogP contribution in [0.2, 0.25) is 0 Å². The summed E-state index contributed by atoms with van der Waals surface area (Å²) in [6.45, 7) is 0. The number of carbonyl (C=O) groups is 2. The van der Waals surface area contributed by atoms with Crippen molar-refractivity contribution in [2.75, 3.05) is 14.2 Å². The highest BCUT2D eigenvalue weighted by Gasteiger charge is 2.19. The van der Waals surface area contributed by atoms with E-state index in [1.807, 2.05) is 0 Å². The Labute approximate surface area is 108 Å². The molecule has 18 heavy (non-hydrogen) atoms. The number of hydrogen-bond acceptors (Lipinski definition) is 6. The third kappa shape index (κ3) is 3.21. The molecular weight excluding hydrogens is 284 g/mol. The molecule has 0 saturated carbocycles. The van der Waals surface area contributed by atoms with Crippen molar-refractivity contribution in [3.8, 4) is 0 Å². The van der Waals surface area contributed by atoms with Gasteiger partial charge in [0.05, 0.1) is 30.2 Å². The maximum Gasteiger partial charge on any atom is 0.337 e. The molecule has 0 aliphatic rings. The molecule has 1 rings (SSSR count). The largest absolute Gasteiger partial charge is 0.465 e. The van der Waals surface area contributed by atoms with E-state index in [-0.39, 0.29) is 16.0 Å². The summed E-state index contributed by atoms with van der Waals surface area (Å²) >= 11 is 0. The molecule has 0 aromatic heterocycles. The standard InChI is InChI=1S/C10H9ClO6S/c1-16-9(12)6-3-7(10(13)17-2)5-8(4-6)18(11,14)15/h3-5H,1-2H3. The van der Waals surface area contributed by atoms with E-state index in [1.165, 1.54) is 0 Å². The molecular formula is C10H9ClO6S. The summed E-state index contributed by atoms with van der Waals surface area (Å²) in [6.07, 6.45) is 0. The summed E-state index contributed by atoms with van der Waals surface area (Å²) in [5.41, 5.74) is -0.223. The molecule has 0 N–H and O–H groups in total. The fourth-order valence-electron chi connectivity index (χ4n) is 1.21. The topological polar surface area (TPSA) is 86.7 Å². The molecule has 0 fully saturated rings. The summed E-state index contributed by atoms with van der Waals surface area (Å²) in [7, 11) is 3.35. The first kappa shape index (κ1) is 14.5. The second kappa shape index (κ2) is 5.36. The zero-order chi connectivity index (χ0) is 13.9. The highest BCUT2D eigenvalue weighted by Crippen LogP contribution is 2.20. The molecule has 0 unspecified atom stereocenters. The van der Waals surface area contributed by atoms with Crippen LogP contribution in [0.5, 0.6) is 0 Å². The minimum Gasteiger partial charge on any atom is -0.465 e. The van der Waals surface area contributed by atoms with Gasteiger partial charge in [0.15, 0.2) is 0 Å². The number of carbonyl (C=O) groups excluding carboxylic acids is 2. The predicted octanol–water partition coefficient (Wildman–Crippen LogP) is 1.19. The monoisotopic (exact) mass is 292 g/mol. The van der Waals surface area contributed by atoms with Crippen LogP contribution in [0.25, 0.3) is 0 Å². The Morgan fingerprint density at radius 1 is 1.00 bits per heavy atom. The van der Waals surface area contributed by atoms with Gasteiger partial charge in [0, 0.05) is 10.7 Å². The number of halogens is 1. The van der Waals surface area contributed by atoms with E-state index in [0.717, 1.165) is 32.4 Å². The predicted molar refractivity (Wildman–Crippen MR) is 62.2 cm³/mol. The van der Waals surface area contributed by atoms with Gasteiger partial charge < -0.3 is 9.47 Å². The lowest BCUT2D eigenvalue weighted by Crippen LogP contribution is -2.08. The first-order valence-corrected chi connectivity index (χ1v) is 6.87. The van der Waals surface area contributed by atoms with Crippen LogP contribution in [0.3, 0.4) is 0 Å². The summed E-state index contributed by atoms with van der Waals surface area (Å²) in [6, 6.07) is 3.18. The molecule has 1 aromatic carbocycles. The molecule has 0 amide bonds. The van der Waals surface area contributed by atoms with Crippen molar-refractivity contribution >= 4 is 31.7 Å². The quantitative estimate of drug-likeness (QED) is 0.614. The van der Waals surface area contributed by atoms with Crippen LogP contribution in [0.15, 0.2) is 23.1 Å². The van der Waals surface area contributed by atoms with Gasteiger partial charge in [-0.15, -0.1) is 0 Å². The number of methoxy groups -OCH3 is 2. The second-order valence-corrected chi connectivity index (χ2v) is 5.73. The smallest absolute Gasteiger partial charge is 0.337 e. The van der Waals surface area contributed by atoms with Gasteiger partial charge >= 0.3 is 11.9 Å². The van der Waals surface area contributed by atoms with Gasteiger partial charge in [-0.3, -0.25) is 0 Å². The number of ether oxygens (including phenoxy) is 2. The van der Waals surface area contributed by atoms with E-state index in [0.29, 0.717) is 0 Å². The molecule has 1 aromatic rings. The first-order chi connectivity index (χ1) is 8.29. The average molecular weight is 293 g/mol. The van der Waals surface area contributed by atoms with Crippen LogP contribution in [0, 0.1) is 0 Å². The van der Waals surface area contributed by atoms with Crippen molar-refractivity contribution in [3.63, 3.8) is 0 Å². The molecule has 8 heteroatoms. The van der Waals surface area contributed by atoms with Crippen LogP contribution in [-0.2, 0) is 18.5 Å². The third-order valence-electron chi connectivity index (χ3n) is 2.03. The lowest BCUT2D eigenvalue weighted by molar-refractivity contribution is 0.0598. The van der Waals surface area contributed by atoms with E-state index < -0.39 is 21.0 Å². The van der Waals surface area contributed by atoms with Crippen LogP contribution in [0.4, 0.5) is 0 Å². The minimum atomic E-state index is -4.07. The Morgan fingerprint density at radius 2 is 1.39 bits per heavy atom. The Balaban J connectivity index is 3.48. The van der Waals surface area contributed by atoms with Crippen molar-refractivity contribution in [3.05, 3.63) is 29.3 Å². The van der Waals surface area contributed by atoms with E-state index in [1.54, 1.807) is 0 Å². The minimum absolute atomic E-state index is 0.111. The molecule has 0 saturated heterocycles. The van der Waals surface area contributed by atoms with Gasteiger partial charge in [0.1, 0.15) is 0 Å². The maximum atomic E-state index is 11.3. The van der Waals surface area contributed by atoms with Crippen LogP contribution in [0.1, 0.15) is 20.7 Å². The highest BCUT2D eigenvalue weighted by molar-refractivity contribution is 8.13. The molecule has 0 aliphatic carbocycles. The summed E-state index contributed by atoms with van der Waals surface area (Å²) in [5.74, 6) is -1.58. The van der Waals surface area contributed by atoms with Gasteiger partial charge in [0.2, 0.25) is 0 Å². The van der Waals surface area contributed by atoms with Crippen molar-refractivity contribution in [1.29, 1.82) is 0 Å². The number of rotatable bonds is 3. The molecule has 6 nitrogen and oxygen atoms in total. The second-order valence-electron chi connectivity index (χ2n) is 3.17. The Hall–Kier alpha value is -1.60. The lowest BCUT2D eigenvalue weighted by atomic mass is 10.1. The highest BCUT2D eigenvalue weighted by atomic mass is 35.7. The average Bonchev–Trinajstić information content (AvgIpc) is 2.35. The molecule has 98 valence electrons. The molecule has 0 heterocycles. The zero-order valence-electron chi connectivity index (χ0n) is 9.47. The van der Waals surface area contributed by atoms with E-state index in [4.69, 9.17) is 10.7 Å². The van der Waals surface area contributed by atoms with Crippen LogP contribution < -0.4 is 0 Å². The molecule has 0 atom stereocenters. The fraction of sp³-hybridized carbons (Fsp3) is 0.200. The van der Waals surface area contributed by atoms with Gasteiger partial charge in [-0.1, -0.05) is 0 Å². The van der Waals surface area contributed by atoms with Gasteiger partial charge in [-0.05, 0) is 18.2 Å². The SMILES string of the molecule is COC(=O)c1cc(C(=O)OC)cc(S(=O)(=O)Cl)c1. The van der Waals surface area contributed by atoms with Crippen LogP contribution in [-0.4, -0.2) is 34.6 Å². The molecule has 0 radical (unpaired) electrons. The van der Waals surface area contributed by atoms with Crippen molar-refractivity contribution in [2.45, 2.75) is 4.90 Å². The van der Waals surface area contributed by atoms with E-state index in [9.17, 15) is 18.0 Å².